The van der Waals surface area contributed by atoms with E-state index >= 15 is 0 Å². The zero-order valence-corrected chi connectivity index (χ0v) is 20.5. The molecule has 1 unspecified atom stereocenters. The number of benzene rings is 2. The molecule has 1 aliphatic rings. The number of amides is 1. The van der Waals surface area contributed by atoms with E-state index in [0.29, 0.717) is 13.2 Å². The number of nitrogens with zero attached hydrogens (tertiary/aromatic N) is 1. The number of alkyl halides is 3. The Morgan fingerprint density at radius 3 is 2.41 bits per heavy atom. The molecule has 1 aliphatic heterocycles. The topological polar surface area (TPSA) is 114 Å². The molecule has 12 heteroatoms. The molecule has 192 valence electrons. The predicted molar refractivity (Wildman–Crippen MR) is 132 cm³/mol. The molecule has 1 fully saturated rings. The molecule has 3 N–H and O–H groups in total. The summed E-state index contributed by atoms with van der Waals surface area (Å²) in [5.74, 6) is -2.03. The number of carbonyl (C=O) groups excluding carboxylic acids is 1. The number of pyridine rings is 1. The number of ether oxygens (including phenoxy) is 2. The van der Waals surface area contributed by atoms with Crippen molar-refractivity contribution in [2.75, 3.05) is 13.2 Å². The number of hydrogen-bond acceptors (Lipinski definition) is 5. The molecule has 2 aromatic heterocycles. The van der Waals surface area contributed by atoms with Gasteiger partial charge in [0, 0.05) is 21.6 Å². The Balaban J connectivity index is 0.000000405. The number of cyclic esters (lactones) is 1. The number of rotatable bonds is 5. The lowest BCUT2D eigenvalue weighted by atomic mass is 9.99. The van der Waals surface area contributed by atoms with E-state index in [1.165, 1.54) is 0 Å². The molecular formula is C25H19BrF3N3O5. The van der Waals surface area contributed by atoms with E-state index in [9.17, 15) is 18.0 Å². The number of aromatic nitrogens is 2. The Hall–Kier alpha value is -4.06. The maximum absolute atomic E-state index is 11.1. The molecular weight excluding hydrogens is 559 g/mol. The first kappa shape index (κ1) is 26.0. The van der Waals surface area contributed by atoms with Gasteiger partial charge in [0.25, 0.3) is 0 Å². The molecule has 3 heterocycles. The fourth-order valence-electron chi connectivity index (χ4n) is 3.60. The molecule has 37 heavy (non-hydrogen) atoms. The Labute approximate surface area is 216 Å². The van der Waals surface area contributed by atoms with Crippen molar-refractivity contribution < 1.29 is 37.3 Å². The van der Waals surface area contributed by atoms with Crippen LogP contribution in [0.25, 0.3) is 33.4 Å². The number of hydrogen-bond donors (Lipinski definition) is 3. The highest BCUT2D eigenvalue weighted by atomic mass is 79.9. The summed E-state index contributed by atoms with van der Waals surface area (Å²) in [5, 5.41) is 10.8. The van der Waals surface area contributed by atoms with Gasteiger partial charge in [0.1, 0.15) is 18.0 Å². The lowest BCUT2D eigenvalue weighted by Gasteiger charge is -2.11. The third kappa shape index (κ3) is 6.39. The summed E-state index contributed by atoms with van der Waals surface area (Å²) in [5.41, 5.74) is 5.10. The number of aliphatic carboxylic acids is 1. The Kier molecular flexibility index (Phi) is 7.67. The van der Waals surface area contributed by atoms with Crippen molar-refractivity contribution in [1.82, 2.24) is 15.3 Å². The molecule has 8 nitrogen and oxygen atoms in total. The first-order chi connectivity index (χ1) is 17.6. The minimum absolute atomic E-state index is 0.265. The second-order valence-corrected chi connectivity index (χ2v) is 8.75. The lowest BCUT2D eigenvalue weighted by molar-refractivity contribution is -0.192. The number of aromatic amines is 1. The molecule has 0 radical (unpaired) electrons. The number of carboxylic acids is 1. The van der Waals surface area contributed by atoms with Crippen molar-refractivity contribution in [3.8, 4) is 28.1 Å². The largest absolute Gasteiger partial charge is 0.490 e. The van der Waals surface area contributed by atoms with Gasteiger partial charge in [-0.2, -0.15) is 13.2 Å². The highest BCUT2D eigenvalue weighted by Crippen LogP contribution is 2.39. The van der Waals surface area contributed by atoms with Gasteiger partial charge in [0.05, 0.1) is 12.2 Å². The molecule has 1 atom stereocenters. The smallest absolute Gasteiger partial charge is 0.490 e. The van der Waals surface area contributed by atoms with Crippen LogP contribution in [0.2, 0.25) is 0 Å². The summed E-state index contributed by atoms with van der Waals surface area (Å²) < 4.78 is 43.5. The maximum atomic E-state index is 11.1. The standard InChI is InChI=1S/C23H18BrN3O3.C2HF3O2/c24-16-10-19-20(21(27-22(19)25-11-16)15-4-2-1-3-5-15)14-6-8-17(9-7-14)29-13-18-12-26-23(28)30-18;3-2(4,5)1(6)7/h1-11,18H,12-13H2,(H,25,27)(H,26,28);(H,6,7). The normalized spacial score (nSPS) is 14.9. The van der Waals surface area contributed by atoms with Gasteiger partial charge in [-0.25, -0.2) is 14.6 Å². The van der Waals surface area contributed by atoms with Gasteiger partial charge >= 0.3 is 18.2 Å². The van der Waals surface area contributed by atoms with E-state index in [2.05, 4.69) is 49.4 Å². The fraction of sp³-hybridized carbons (Fsp3) is 0.160. The minimum atomic E-state index is -5.08. The second kappa shape index (κ2) is 10.9. The maximum Gasteiger partial charge on any atom is 0.490 e. The van der Waals surface area contributed by atoms with E-state index in [1.807, 2.05) is 42.5 Å². The van der Waals surface area contributed by atoms with Crippen molar-refractivity contribution >= 4 is 39.0 Å². The summed E-state index contributed by atoms with van der Waals surface area (Å²) in [6.07, 6.45) is -3.95. The summed E-state index contributed by atoms with van der Waals surface area (Å²) >= 11 is 3.54. The lowest BCUT2D eigenvalue weighted by Crippen LogP contribution is -2.21. The van der Waals surface area contributed by atoms with Crippen molar-refractivity contribution in [2.24, 2.45) is 0 Å². The van der Waals surface area contributed by atoms with Crippen LogP contribution in [0.4, 0.5) is 18.0 Å². The number of carboxylic acid groups (broad SMARTS) is 1. The highest BCUT2D eigenvalue weighted by Gasteiger charge is 2.38. The van der Waals surface area contributed by atoms with Gasteiger partial charge in [0.2, 0.25) is 0 Å². The van der Waals surface area contributed by atoms with E-state index in [4.69, 9.17) is 19.4 Å². The predicted octanol–water partition coefficient (Wildman–Crippen LogP) is 5.78. The van der Waals surface area contributed by atoms with Gasteiger partial charge in [-0.15, -0.1) is 0 Å². The molecule has 2 aromatic carbocycles. The molecule has 1 amide bonds. The molecule has 0 bridgehead atoms. The van der Waals surface area contributed by atoms with Crippen molar-refractivity contribution in [2.45, 2.75) is 12.3 Å². The third-order valence-electron chi connectivity index (χ3n) is 5.25. The van der Waals surface area contributed by atoms with Crippen LogP contribution in [0.15, 0.2) is 71.3 Å². The molecule has 0 spiro atoms. The van der Waals surface area contributed by atoms with Crippen LogP contribution in [0, 0.1) is 0 Å². The van der Waals surface area contributed by atoms with Crippen LogP contribution in [0.3, 0.4) is 0 Å². The average molecular weight is 578 g/mol. The van der Waals surface area contributed by atoms with E-state index in [1.54, 1.807) is 6.20 Å². The first-order valence-corrected chi connectivity index (χ1v) is 11.6. The molecule has 0 aliphatic carbocycles. The van der Waals surface area contributed by atoms with Gasteiger partial charge in [-0.3, -0.25) is 0 Å². The number of halogens is 4. The van der Waals surface area contributed by atoms with Gasteiger partial charge < -0.3 is 24.9 Å². The van der Waals surface area contributed by atoms with Gasteiger partial charge in [0.15, 0.2) is 6.10 Å². The molecule has 5 rings (SSSR count). The van der Waals surface area contributed by atoms with E-state index < -0.39 is 18.2 Å². The van der Waals surface area contributed by atoms with E-state index in [0.717, 1.165) is 43.6 Å². The second-order valence-electron chi connectivity index (χ2n) is 7.84. The van der Waals surface area contributed by atoms with Crippen LogP contribution < -0.4 is 10.1 Å². The minimum Gasteiger partial charge on any atom is -0.490 e. The summed E-state index contributed by atoms with van der Waals surface area (Å²) in [6.45, 7) is 0.784. The average Bonchev–Trinajstić information content (AvgIpc) is 3.46. The zero-order chi connectivity index (χ0) is 26.6. The molecule has 0 saturated carbocycles. The van der Waals surface area contributed by atoms with Gasteiger partial charge in [-0.05, 0) is 45.3 Å². The monoisotopic (exact) mass is 577 g/mol. The van der Waals surface area contributed by atoms with Crippen molar-refractivity contribution in [3.05, 3.63) is 71.3 Å². The summed E-state index contributed by atoms with van der Waals surface area (Å²) in [6, 6.07) is 20.2. The van der Waals surface area contributed by atoms with Gasteiger partial charge in [-0.1, -0.05) is 42.5 Å². The van der Waals surface area contributed by atoms with Crippen LogP contribution in [0.1, 0.15) is 0 Å². The summed E-state index contributed by atoms with van der Waals surface area (Å²) in [4.78, 5) is 28.0. The highest BCUT2D eigenvalue weighted by molar-refractivity contribution is 9.10. The van der Waals surface area contributed by atoms with Crippen LogP contribution in [-0.4, -0.2) is 52.6 Å². The Morgan fingerprint density at radius 1 is 1.14 bits per heavy atom. The Morgan fingerprint density at radius 2 is 1.81 bits per heavy atom. The quantitative estimate of drug-likeness (QED) is 0.277. The number of nitrogens with one attached hydrogen (secondary N) is 2. The number of fused-ring (bicyclic) bond motifs is 1. The van der Waals surface area contributed by atoms with Crippen molar-refractivity contribution in [1.29, 1.82) is 0 Å². The third-order valence-corrected chi connectivity index (χ3v) is 5.68. The fourth-order valence-corrected chi connectivity index (χ4v) is 3.93. The zero-order valence-electron chi connectivity index (χ0n) is 18.9. The SMILES string of the molecule is O=C(O)C(F)(F)F.O=C1NCC(COc2ccc(-c3c(-c4ccccc4)[nH]c4ncc(Br)cc34)cc2)O1. The molecule has 4 aromatic rings. The number of alkyl carbamates (subject to hydrolysis) is 1. The van der Waals surface area contributed by atoms with Crippen LogP contribution >= 0.6 is 15.9 Å². The summed E-state index contributed by atoms with van der Waals surface area (Å²) in [7, 11) is 0. The number of H-pyrrole nitrogens is 1. The van der Waals surface area contributed by atoms with Crippen molar-refractivity contribution in [3.63, 3.8) is 0 Å². The van der Waals surface area contributed by atoms with Crippen LogP contribution in [-0.2, 0) is 9.53 Å². The molecule has 1 saturated heterocycles. The van der Waals surface area contributed by atoms with E-state index in [-0.39, 0.29) is 6.10 Å². The Bertz CT molecular complexity index is 1410. The first-order valence-electron chi connectivity index (χ1n) is 10.8. The van der Waals surface area contributed by atoms with Crippen LogP contribution in [0.5, 0.6) is 5.75 Å². The number of carbonyl (C=O) groups is 2.